The predicted octanol–water partition coefficient (Wildman–Crippen LogP) is -1.41. The smallest absolute Gasteiger partial charge is 0.243 e. The number of nitrogens with two attached hydrogens (primary N) is 6. The topological polar surface area (TPSA) is 483 Å². The number of amides is 9. The van der Waals surface area contributed by atoms with Crippen molar-refractivity contribution in [2.75, 3.05) is 19.6 Å². The Kier molecular flexibility index (Phi) is 30.0. The number of fused-ring (bicyclic) bond motifs is 1. The number of hydrogen-bond donors (Lipinski definition) is 17. The van der Waals surface area contributed by atoms with Crippen LogP contribution in [0.3, 0.4) is 0 Å². The molecule has 0 saturated carbocycles. The molecule has 2 heterocycles. The minimum Gasteiger partial charge on any atom is -0.391 e. The van der Waals surface area contributed by atoms with Crippen molar-refractivity contribution in [2.24, 2.45) is 45.3 Å². The number of carbonyl (C=O) groups excluding carboxylic acids is 9. The van der Waals surface area contributed by atoms with Crippen LogP contribution in [-0.2, 0) is 68.8 Å². The lowest BCUT2D eigenvalue weighted by atomic mass is 9.96. The highest BCUT2D eigenvalue weighted by molar-refractivity contribution is 5.99. The second-order valence-corrected chi connectivity index (χ2v) is 22.7. The maximum Gasteiger partial charge on any atom is 0.243 e. The number of para-hydroxylation sites is 1. The average molecular weight is 1260 g/mol. The number of aliphatic hydroxyl groups excluding tert-OH is 1. The number of unbranched alkanes of at least 4 members (excludes halogenated alkanes) is 2. The van der Waals surface area contributed by atoms with Crippen molar-refractivity contribution in [3.63, 3.8) is 0 Å². The number of aliphatic imine (C=N–C) groups is 1. The fourth-order valence-electron chi connectivity index (χ4n) is 10.1. The van der Waals surface area contributed by atoms with Crippen molar-refractivity contribution in [2.45, 2.75) is 165 Å². The molecule has 0 bridgehead atoms. The van der Waals surface area contributed by atoms with Gasteiger partial charge in [0.15, 0.2) is 5.96 Å². The van der Waals surface area contributed by atoms with Gasteiger partial charge in [0.2, 0.25) is 53.2 Å². The number of guanidine groups is 1. The van der Waals surface area contributed by atoms with Crippen LogP contribution >= 0.6 is 0 Å². The Morgan fingerprint density at radius 1 is 0.527 bits per heavy atom. The number of imidazole rings is 1. The van der Waals surface area contributed by atoms with Crippen LogP contribution in [0.2, 0.25) is 0 Å². The third-order valence-corrected chi connectivity index (χ3v) is 15.5. The van der Waals surface area contributed by atoms with E-state index in [0.717, 1.165) is 10.9 Å². The molecule has 2 aromatic heterocycles. The molecule has 3 aromatic carbocycles. The summed E-state index contributed by atoms with van der Waals surface area (Å²) in [5.74, 6) is -7.80. The number of nitrogens with zero attached hydrogens (tertiary/aromatic N) is 2. The standard InChI is InChI=1S/C63H92N18O10/c1-4-37(2)52(80-61(90)49(31-40-20-9-6-10-21-40)77-59(88)50(32-41-34-72-45-24-12-11-22-43(41)45)76-55(84)44(66)23-17-29-71-63(68)69)62(91)79-48(30-39-18-7-5-8-19-39)58(87)78-51(33-42-35-70-36-73-42)60(89)75-46(25-13-15-27-64)56(85)74-47(26-14-16-28-65)57(86)81-53(38(3)82)54(67)83/h5-12,18-22,24,34-38,44,46-53,72,82H,4,13-17,23,25-33,64-66H2,1-3H3,(H2,67,83)(H,70,73)(H,74,85)(H,75,89)(H,76,84)(H,77,88)(H,78,87)(H,79,91)(H,80,90)(H,81,86)(H4,68,69,71)/t37-,38+,44-,46-,47-,48+,49+,50+,51-,52-,53-/m0/s1. The second kappa shape index (κ2) is 37.7. The molecule has 23 N–H and O–H groups in total. The van der Waals surface area contributed by atoms with Crippen LogP contribution in [0.4, 0.5) is 0 Å². The summed E-state index contributed by atoms with van der Waals surface area (Å²) in [6.07, 6.45) is 5.54. The number of nitrogens with one attached hydrogen (secondary N) is 10. The first-order valence-corrected chi connectivity index (χ1v) is 30.8. The molecule has 0 radical (unpaired) electrons. The van der Waals surface area contributed by atoms with Gasteiger partial charge < -0.3 is 92.0 Å². The number of hydrogen-bond acceptors (Lipinski definition) is 15. The van der Waals surface area contributed by atoms with Crippen LogP contribution in [0.1, 0.15) is 101 Å². The quantitative estimate of drug-likeness (QED) is 0.0122. The largest absolute Gasteiger partial charge is 0.391 e. The molecule has 0 spiro atoms. The summed E-state index contributed by atoms with van der Waals surface area (Å²) in [6.45, 7) is 5.59. The summed E-state index contributed by atoms with van der Waals surface area (Å²) in [7, 11) is 0. The first-order chi connectivity index (χ1) is 43.6. The number of H-pyrrole nitrogens is 2. The number of aromatic amines is 2. The highest BCUT2D eigenvalue weighted by atomic mass is 16.3. The van der Waals surface area contributed by atoms with E-state index in [0.29, 0.717) is 60.9 Å². The summed E-state index contributed by atoms with van der Waals surface area (Å²) in [5, 5.41) is 33.0. The SMILES string of the molecule is CC[C@H](C)[C@H](NC(=O)[C@@H](Cc1ccccc1)NC(=O)[C@@H](Cc1c[nH]c2ccccc12)NC(=O)[C@@H](N)CCCN=C(N)N)C(=O)N[C@H](Cc1ccccc1)C(=O)N[C@@H](Cc1cnc[nH]1)C(=O)N[C@@H](CCCCN)C(=O)N[C@@H](CCCCN)C(=O)N[C@H](C(N)=O)[C@@H](C)O. The minimum absolute atomic E-state index is 0.0102. The molecule has 28 heteroatoms. The van der Waals surface area contributed by atoms with Crippen molar-refractivity contribution in [1.29, 1.82) is 0 Å². The molecule has 28 nitrogen and oxygen atoms in total. The number of rotatable bonds is 40. The van der Waals surface area contributed by atoms with Gasteiger partial charge in [0.1, 0.15) is 48.3 Å². The Morgan fingerprint density at radius 3 is 1.49 bits per heavy atom. The zero-order valence-corrected chi connectivity index (χ0v) is 52.0. The van der Waals surface area contributed by atoms with Crippen molar-refractivity contribution >= 4 is 70.0 Å². The predicted molar refractivity (Wildman–Crippen MR) is 344 cm³/mol. The first kappa shape index (κ1) is 72.5. The van der Waals surface area contributed by atoms with E-state index in [2.05, 4.69) is 62.5 Å². The summed E-state index contributed by atoms with van der Waals surface area (Å²) in [4.78, 5) is 142. The van der Waals surface area contributed by atoms with Gasteiger partial charge in [-0.3, -0.25) is 48.1 Å². The molecule has 5 aromatic rings. The number of primary amides is 1. The molecular weight excluding hydrogens is 1170 g/mol. The lowest BCUT2D eigenvalue weighted by Crippen LogP contribution is -2.62. The molecular formula is C63H92N18O10. The Bertz CT molecular complexity index is 3160. The Labute approximate surface area is 529 Å². The van der Waals surface area contributed by atoms with E-state index in [1.807, 2.05) is 31.2 Å². The zero-order chi connectivity index (χ0) is 66.4. The molecule has 0 saturated heterocycles. The first-order valence-electron chi connectivity index (χ1n) is 30.8. The van der Waals surface area contributed by atoms with Crippen molar-refractivity contribution in [1.82, 2.24) is 57.5 Å². The molecule has 11 atom stereocenters. The number of aliphatic hydroxyl groups is 1. The number of aromatic nitrogens is 3. The van der Waals surface area contributed by atoms with Crippen LogP contribution in [0.25, 0.3) is 10.9 Å². The van der Waals surface area contributed by atoms with Gasteiger partial charge in [-0.05, 0) is 100 Å². The molecule has 5 rings (SSSR count). The average Bonchev–Trinajstić information content (AvgIpc) is 1.96. The summed E-state index contributed by atoms with van der Waals surface area (Å²) >= 11 is 0. The molecule has 0 aliphatic rings. The lowest BCUT2D eigenvalue weighted by molar-refractivity contribution is -0.136. The van der Waals surface area contributed by atoms with Gasteiger partial charge in [-0.25, -0.2) is 4.98 Å². The van der Waals surface area contributed by atoms with Gasteiger partial charge in [0.05, 0.1) is 18.5 Å². The van der Waals surface area contributed by atoms with Gasteiger partial charge in [-0.15, -0.1) is 0 Å². The highest BCUT2D eigenvalue weighted by Crippen LogP contribution is 2.20. The van der Waals surface area contributed by atoms with Crippen LogP contribution in [0.15, 0.2) is 109 Å². The Hall–Kier alpha value is -9.25. The maximum atomic E-state index is 15.0. The molecule has 91 heavy (non-hydrogen) atoms. The monoisotopic (exact) mass is 1260 g/mol. The Balaban J connectivity index is 1.44. The fourth-order valence-corrected chi connectivity index (χ4v) is 10.1. The van der Waals surface area contributed by atoms with Crippen LogP contribution in [-0.4, -0.2) is 159 Å². The Morgan fingerprint density at radius 2 is 0.989 bits per heavy atom. The summed E-state index contributed by atoms with van der Waals surface area (Å²) in [6, 6.07) is 13.3. The van der Waals surface area contributed by atoms with Gasteiger partial charge >= 0.3 is 0 Å². The summed E-state index contributed by atoms with van der Waals surface area (Å²) in [5.41, 5.74) is 37.5. The zero-order valence-electron chi connectivity index (χ0n) is 52.0. The second-order valence-electron chi connectivity index (χ2n) is 22.7. The third-order valence-electron chi connectivity index (χ3n) is 15.5. The van der Waals surface area contributed by atoms with Crippen LogP contribution < -0.4 is 76.9 Å². The van der Waals surface area contributed by atoms with E-state index in [9.17, 15) is 48.3 Å². The lowest BCUT2D eigenvalue weighted by Gasteiger charge is -2.30. The fraction of sp³-hybridized carbons (Fsp3) is 0.476. The van der Waals surface area contributed by atoms with Crippen molar-refractivity contribution in [3.8, 4) is 0 Å². The number of benzene rings is 3. The van der Waals surface area contributed by atoms with E-state index >= 15 is 0 Å². The van der Waals surface area contributed by atoms with Gasteiger partial charge in [-0.1, -0.05) is 99.1 Å². The van der Waals surface area contributed by atoms with E-state index < -0.39 is 120 Å². The number of carbonyl (C=O) groups is 9. The normalized spacial score (nSPS) is 14.8. The van der Waals surface area contributed by atoms with E-state index in [4.69, 9.17) is 34.4 Å². The maximum absolute atomic E-state index is 15.0. The van der Waals surface area contributed by atoms with E-state index in [1.165, 1.54) is 19.4 Å². The van der Waals surface area contributed by atoms with Gasteiger partial charge in [-0.2, -0.15) is 0 Å². The minimum atomic E-state index is -1.48. The third kappa shape index (κ3) is 23.9. The van der Waals surface area contributed by atoms with Crippen LogP contribution in [0.5, 0.6) is 0 Å². The molecule has 494 valence electrons. The molecule has 9 amide bonds. The highest BCUT2D eigenvalue weighted by Gasteiger charge is 2.37. The van der Waals surface area contributed by atoms with Crippen molar-refractivity contribution in [3.05, 3.63) is 126 Å². The molecule has 0 aliphatic carbocycles. The molecule has 0 unspecified atom stereocenters. The molecule has 0 aliphatic heterocycles. The van der Waals surface area contributed by atoms with E-state index in [1.54, 1.807) is 73.8 Å². The van der Waals surface area contributed by atoms with Gasteiger partial charge in [0.25, 0.3) is 0 Å². The van der Waals surface area contributed by atoms with E-state index in [-0.39, 0.29) is 70.5 Å². The van der Waals surface area contributed by atoms with Crippen molar-refractivity contribution < 1.29 is 48.3 Å². The molecule has 0 fully saturated rings. The van der Waals surface area contributed by atoms with Crippen LogP contribution in [0, 0.1) is 5.92 Å². The van der Waals surface area contributed by atoms with Gasteiger partial charge in [0, 0.05) is 61.2 Å². The summed E-state index contributed by atoms with van der Waals surface area (Å²) < 4.78 is 0.